The Labute approximate surface area is 69.3 Å². The summed E-state index contributed by atoms with van der Waals surface area (Å²) < 4.78 is 0. The van der Waals surface area contributed by atoms with E-state index in [9.17, 15) is 4.79 Å². The van der Waals surface area contributed by atoms with Crippen LogP contribution in [0.1, 0.15) is 16.2 Å². The number of nitrogens with zero attached hydrogens (tertiary/aromatic N) is 2. The lowest BCUT2D eigenvalue weighted by atomic mass is 10.4. The molecule has 1 aromatic rings. The second-order valence-corrected chi connectivity index (χ2v) is 2.85. The summed E-state index contributed by atoms with van der Waals surface area (Å²) >= 11 is 1.65. The summed E-state index contributed by atoms with van der Waals surface area (Å²) in [7, 11) is 0. The van der Waals surface area contributed by atoms with E-state index in [2.05, 4.69) is 9.97 Å². The van der Waals surface area contributed by atoms with Crippen LogP contribution in [-0.4, -0.2) is 22.5 Å². The molecule has 58 valence electrons. The van der Waals surface area contributed by atoms with Gasteiger partial charge in [-0.15, -0.1) is 0 Å². The number of aldehydes is 1. The molecule has 0 amide bonds. The maximum Gasteiger partial charge on any atom is 0.153 e. The van der Waals surface area contributed by atoms with E-state index in [4.69, 9.17) is 0 Å². The molecular weight excluding hydrogens is 160 g/mol. The molecule has 11 heavy (non-hydrogen) atoms. The standard InChI is InChI=1S/C7H8N2OS/c1-11-5-7-8-2-6(4-10)3-9-7/h2-4H,5H2,1H3. The maximum atomic E-state index is 10.2. The Morgan fingerprint density at radius 2 is 2.18 bits per heavy atom. The van der Waals surface area contributed by atoms with E-state index in [1.165, 1.54) is 12.4 Å². The summed E-state index contributed by atoms with van der Waals surface area (Å²) in [6, 6.07) is 0. The van der Waals surface area contributed by atoms with Gasteiger partial charge < -0.3 is 0 Å². The van der Waals surface area contributed by atoms with Crippen LogP contribution in [0.15, 0.2) is 12.4 Å². The van der Waals surface area contributed by atoms with Crippen LogP contribution in [0, 0.1) is 0 Å². The lowest BCUT2D eigenvalue weighted by Gasteiger charge is -1.94. The molecule has 0 radical (unpaired) electrons. The van der Waals surface area contributed by atoms with Crippen molar-refractivity contribution in [2.24, 2.45) is 0 Å². The molecule has 3 nitrogen and oxygen atoms in total. The van der Waals surface area contributed by atoms with Gasteiger partial charge in [0.15, 0.2) is 6.29 Å². The Bertz CT molecular complexity index is 235. The molecule has 0 aliphatic carbocycles. The second kappa shape index (κ2) is 4.08. The molecule has 0 aliphatic heterocycles. The van der Waals surface area contributed by atoms with Gasteiger partial charge in [-0.1, -0.05) is 0 Å². The lowest BCUT2D eigenvalue weighted by Crippen LogP contribution is -1.93. The van der Waals surface area contributed by atoms with Gasteiger partial charge in [0.25, 0.3) is 0 Å². The largest absolute Gasteiger partial charge is 0.298 e. The Hall–Kier alpha value is -0.900. The van der Waals surface area contributed by atoms with E-state index in [0.717, 1.165) is 17.9 Å². The first-order chi connectivity index (χ1) is 5.36. The third-order valence-electron chi connectivity index (χ3n) is 1.13. The quantitative estimate of drug-likeness (QED) is 0.635. The molecule has 0 unspecified atom stereocenters. The van der Waals surface area contributed by atoms with E-state index < -0.39 is 0 Å². The van der Waals surface area contributed by atoms with Crippen LogP contribution in [0.4, 0.5) is 0 Å². The monoisotopic (exact) mass is 168 g/mol. The summed E-state index contributed by atoms with van der Waals surface area (Å²) in [6.07, 6.45) is 5.79. The van der Waals surface area contributed by atoms with Gasteiger partial charge in [-0.2, -0.15) is 11.8 Å². The van der Waals surface area contributed by atoms with E-state index in [1.807, 2.05) is 6.26 Å². The van der Waals surface area contributed by atoms with Gasteiger partial charge in [0.05, 0.1) is 11.3 Å². The third-order valence-corrected chi connectivity index (χ3v) is 1.68. The SMILES string of the molecule is CSCc1ncc(C=O)cn1. The number of carbonyl (C=O) groups is 1. The van der Waals surface area contributed by atoms with Crippen molar-refractivity contribution in [3.05, 3.63) is 23.8 Å². The van der Waals surface area contributed by atoms with Crippen molar-refractivity contribution in [3.63, 3.8) is 0 Å². The van der Waals surface area contributed by atoms with Gasteiger partial charge in [0.1, 0.15) is 5.82 Å². The Morgan fingerprint density at radius 1 is 1.55 bits per heavy atom. The average Bonchev–Trinajstić information content (AvgIpc) is 2.07. The number of carbonyl (C=O) groups excluding carboxylic acids is 1. The molecule has 0 fully saturated rings. The zero-order valence-electron chi connectivity index (χ0n) is 6.15. The molecule has 1 rings (SSSR count). The normalized spacial score (nSPS) is 9.55. The minimum atomic E-state index is 0.523. The van der Waals surface area contributed by atoms with Gasteiger partial charge in [-0.05, 0) is 6.26 Å². The first-order valence-corrected chi connectivity index (χ1v) is 4.51. The number of rotatable bonds is 3. The Kier molecular flexibility index (Phi) is 3.04. The number of aromatic nitrogens is 2. The lowest BCUT2D eigenvalue weighted by molar-refractivity contribution is 0.112. The summed E-state index contributed by atoms with van der Waals surface area (Å²) in [4.78, 5) is 18.1. The van der Waals surface area contributed by atoms with Crippen LogP contribution in [-0.2, 0) is 5.75 Å². The number of thioether (sulfide) groups is 1. The van der Waals surface area contributed by atoms with E-state index in [-0.39, 0.29) is 0 Å². The smallest absolute Gasteiger partial charge is 0.153 e. The molecule has 0 aliphatic rings. The van der Waals surface area contributed by atoms with Gasteiger partial charge >= 0.3 is 0 Å². The van der Waals surface area contributed by atoms with Crippen LogP contribution >= 0.6 is 11.8 Å². The zero-order chi connectivity index (χ0) is 8.10. The highest BCUT2D eigenvalue weighted by molar-refractivity contribution is 7.97. The summed E-state index contributed by atoms with van der Waals surface area (Å²) in [5, 5.41) is 0. The van der Waals surface area contributed by atoms with Gasteiger partial charge in [0, 0.05) is 12.4 Å². The fourth-order valence-corrected chi connectivity index (χ4v) is 1.04. The Morgan fingerprint density at radius 3 is 2.64 bits per heavy atom. The predicted molar refractivity (Wildman–Crippen MR) is 44.6 cm³/mol. The zero-order valence-corrected chi connectivity index (χ0v) is 6.97. The fraction of sp³-hybridized carbons (Fsp3) is 0.286. The van der Waals surface area contributed by atoms with Crippen LogP contribution in [0.2, 0.25) is 0 Å². The van der Waals surface area contributed by atoms with Crippen molar-refractivity contribution >= 4 is 18.0 Å². The molecule has 1 heterocycles. The molecule has 0 spiro atoms. The molecule has 0 bridgehead atoms. The molecule has 1 aromatic heterocycles. The molecule has 0 atom stereocenters. The molecular formula is C7H8N2OS. The van der Waals surface area contributed by atoms with Crippen molar-refractivity contribution in [2.45, 2.75) is 5.75 Å². The predicted octanol–water partition coefficient (Wildman–Crippen LogP) is 1.15. The van der Waals surface area contributed by atoms with Gasteiger partial charge in [-0.25, -0.2) is 9.97 Å². The van der Waals surface area contributed by atoms with Crippen LogP contribution < -0.4 is 0 Å². The minimum Gasteiger partial charge on any atom is -0.298 e. The average molecular weight is 168 g/mol. The highest BCUT2D eigenvalue weighted by atomic mass is 32.2. The van der Waals surface area contributed by atoms with Crippen molar-refractivity contribution in [1.29, 1.82) is 0 Å². The molecule has 0 saturated heterocycles. The van der Waals surface area contributed by atoms with E-state index in [0.29, 0.717) is 5.56 Å². The van der Waals surface area contributed by atoms with E-state index in [1.54, 1.807) is 11.8 Å². The van der Waals surface area contributed by atoms with Crippen molar-refractivity contribution in [3.8, 4) is 0 Å². The van der Waals surface area contributed by atoms with E-state index >= 15 is 0 Å². The molecule has 0 N–H and O–H groups in total. The van der Waals surface area contributed by atoms with Crippen LogP contribution in [0.5, 0.6) is 0 Å². The number of hydrogen-bond acceptors (Lipinski definition) is 4. The fourth-order valence-electron chi connectivity index (χ4n) is 0.629. The Balaban J connectivity index is 2.74. The molecule has 0 aromatic carbocycles. The summed E-state index contributed by atoms with van der Waals surface area (Å²) in [6.45, 7) is 0. The highest BCUT2D eigenvalue weighted by Gasteiger charge is 1.94. The summed E-state index contributed by atoms with van der Waals surface area (Å²) in [5.74, 6) is 1.56. The summed E-state index contributed by atoms with van der Waals surface area (Å²) in [5.41, 5.74) is 0.523. The molecule has 4 heteroatoms. The van der Waals surface area contributed by atoms with Crippen LogP contribution in [0.25, 0.3) is 0 Å². The molecule has 0 saturated carbocycles. The second-order valence-electron chi connectivity index (χ2n) is 1.98. The van der Waals surface area contributed by atoms with Crippen LogP contribution in [0.3, 0.4) is 0 Å². The third kappa shape index (κ3) is 2.31. The topological polar surface area (TPSA) is 42.9 Å². The highest BCUT2D eigenvalue weighted by Crippen LogP contribution is 2.02. The minimum absolute atomic E-state index is 0.523. The van der Waals surface area contributed by atoms with Gasteiger partial charge in [0.2, 0.25) is 0 Å². The number of hydrogen-bond donors (Lipinski definition) is 0. The van der Waals surface area contributed by atoms with Gasteiger partial charge in [-0.3, -0.25) is 4.79 Å². The maximum absolute atomic E-state index is 10.2. The van der Waals surface area contributed by atoms with Crippen molar-refractivity contribution < 1.29 is 4.79 Å². The van der Waals surface area contributed by atoms with Crippen molar-refractivity contribution in [1.82, 2.24) is 9.97 Å². The first kappa shape index (κ1) is 8.20. The van der Waals surface area contributed by atoms with Crippen molar-refractivity contribution in [2.75, 3.05) is 6.26 Å². The first-order valence-electron chi connectivity index (χ1n) is 3.12.